The van der Waals surface area contributed by atoms with E-state index in [0.29, 0.717) is 0 Å². The molecule has 1 rings (SSSR count). The van der Waals surface area contributed by atoms with Gasteiger partial charge in [0, 0.05) is 10.5 Å². The van der Waals surface area contributed by atoms with Gasteiger partial charge in [-0.15, -0.1) is 11.8 Å². The summed E-state index contributed by atoms with van der Waals surface area (Å²) in [5.74, 6) is 0. The Morgan fingerprint density at radius 3 is 2.69 bits per heavy atom. The highest BCUT2D eigenvalue weighted by Crippen LogP contribution is 2.25. The summed E-state index contributed by atoms with van der Waals surface area (Å²) in [4.78, 5) is 12.1. The van der Waals surface area contributed by atoms with Crippen LogP contribution in [-0.4, -0.2) is 12.5 Å². The van der Waals surface area contributed by atoms with Crippen molar-refractivity contribution in [3.05, 3.63) is 29.3 Å². The lowest BCUT2D eigenvalue weighted by Crippen LogP contribution is -1.93. The lowest BCUT2D eigenvalue weighted by molar-refractivity contribution is 0.112. The molecule has 88 valence electrons. The number of carbonyl (C=O) groups excluding carboxylic acids is 1. The standard InChI is InChI=1S/C14H20OS/c1-3-4-5-6-8-12-9-7-10-13(11-15)14(12)16-2/h7,9-11H,3-6,8H2,1-2H3. The summed E-state index contributed by atoms with van der Waals surface area (Å²) >= 11 is 1.68. The molecule has 1 nitrogen and oxygen atoms in total. The third-order valence-corrected chi connectivity index (χ3v) is 3.66. The molecule has 0 fully saturated rings. The molecule has 0 atom stereocenters. The maximum Gasteiger partial charge on any atom is 0.151 e. The van der Waals surface area contributed by atoms with E-state index in [-0.39, 0.29) is 0 Å². The Morgan fingerprint density at radius 2 is 2.06 bits per heavy atom. The zero-order valence-electron chi connectivity index (χ0n) is 10.2. The molecule has 0 aromatic heterocycles. The van der Waals surface area contributed by atoms with Gasteiger partial charge in [-0.2, -0.15) is 0 Å². The third kappa shape index (κ3) is 3.67. The average Bonchev–Trinajstić information content (AvgIpc) is 2.34. The second-order valence-electron chi connectivity index (χ2n) is 3.97. The van der Waals surface area contributed by atoms with Gasteiger partial charge in [-0.1, -0.05) is 44.4 Å². The van der Waals surface area contributed by atoms with Gasteiger partial charge in [0.15, 0.2) is 6.29 Å². The van der Waals surface area contributed by atoms with E-state index in [1.54, 1.807) is 11.8 Å². The minimum Gasteiger partial charge on any atom is -0.298 e. The zero-order chi connectivity index (χ0) is 11.8. The molecule has 0 aliphatic carbocycles. The Balaban J connectivity index is 2.67. The molecule has 1 aromatic rings. The molecule has 0 spiro atoms. The van der Waals surface area contributed by atoms with Gasteiger partial charge in [-0.25, -0.2) is 0 Å². The molecule has 16 heavy (non-hydrogen) atoms. The van der Waals surface area contributed by atoms with E-state index in [1.165, 1.54) is 31.2 Å². The molecule has 0 amide bonds. The van der Waals surface area contributed by atoms with E-state index in [2.05, 4.69) is 13.0 Å². The quantitative estimate of drug-likeness (QED) is 0.398. The molecule has 0 radical (unpaired) electrons. The molecule has 0 saturated carbocycles. The second-order valence-corrected chi connectivity index (χ2v) is 4.78. The fourth-order valence-electron chi connectivity index (χ4n) is 1.89. The highest BCUT2D eigenvalue weighted by Gasteiger charge is 2.06. The van der Waals surface area contributed by atoms with Crippen LogP contribution in [0.15, 0.2) is 23.1 Å². The van der Waals surface area contributed by atoms with E-state index in [1.807, 2.05) is 18.4 Å². The van der Waals surface area contributed by atoms with Crippen LogP contribution < -0.4 is 0 Å². The number of hydrogen-bond donors (Lipinski definition) is 0. The molecule has 0 aliphatic rings. The lowest BCUT2D eigenvalue weighted by Gasteiger charge is -2.09. The Kier molecular flexibility index (Phi) is 6.24. The van der Waals surface area contributed by atoms with Gasteiger partial charge >= 0.3 is 0 Å². The fraction of sp³-hybridized carbons (Fsp3) is 0.500. The lowest BCUT2D eigenvalue weighted by atomic mass is 10.0. The number of rotatable bonds is 7. The monoisotopic (exact) mass is 236 g/mol. The summed E-state index contributed by atoms with van der Waals surface area (Å²) in [6, 6.07) is 6.03. The minimum atomic E-state index is 0.834. The van der Waals surface area contributed by atoms with E-state index in [9.17, 15) is 4.79 Å². The van der Waals surface area contributed by atoms with Crippen LogP contribution in [0.1, 0.15) is 48.5 Å². The van der Waals surface area contributed by atoms with Crippen LogP contribution in [0.4, 0.5) is 0 Å². The van der Waals surface area contributed by atoms with Crippen molar-refractivity contribution in [3.63, 3.8) is 0 Å². The molecule has 0 aliphatic heterocycles. The van der Waals surface area contributed by atoms with Crippen LogP contribution in [0.2, 0.25) is 0 Å². The number of hydrogen-bond acceptors (Lipinski definition) is 2. The number of aldehydes is 1. The summed E-state index contributed by atoms with van der Waals surface area (Å²) in [6.07, 6.45) is 9.18. The van der Waals surface area contributed by atoms with Crippen molar-refractivity contribution >= 4 is 18.0 Å². The average molecular weight is 236 g/mol. The first-order valence-electron chi connectivity index (χ1n) is 5.94. The van der Waals surface area contributed by atoms with Crippen LogP contribution >= 0.6 is 11.8 Å². The first-order chi connectivity index (χ1) is 7.83. The fourth-order valence-corrected chi connectivity index (χ4v) is 2.67. The maximum atomic E-state index is 10.9. The highest BCUT2D eigenvalue weighted by molar-refractivity contribution is 7.98. The minimum absolute atomic E-state index is 0.834. The summed E-state index contributed by atoms with van der Waals surface area (Å²) in [6.45, 7) is 2.22. The van der Waals surface area contributed by atoms with E-state index in [4.69, 9.17) is 0 Å². The van der Waals surface area contributed by atoms with Crippen LogP contribution in [0.3, 0.4) is 0 Å². The number of carbonyl (C=O) groups is 1. The maximum absolute atomic E-state index is 10.9. The summed E-state index contributed by atoms with van der Waals surface area (Å²) < 4.78 is 0. The predicted molar refractivity (Wildman–Crippen MR) is 71.5 cm³/mol. The first-order valence-corrected chi connectivity index (χ1v) is 7.17. The van der Waals surface area contributed by atoms with Crippen molar-refractivity contribution in [2.24, 2.45) is 0 Å². The van der Waals surface area contributed by atoms with E-state index >= 15 is 0 Å². The second kappa shape index (κ2) is 7.50. The van der Waals surface area contributed by atoms with Crippen molar-refractivity contribution in [1.82, 2.24) is 0 Å². The SMILES string of the molecule is CCCCCCc1cccc(C=O)c1SC. The van der Waals surface area contributed by atoms with Gasteiger partial charge < -0.3 is 0 Å². The van der Waals surface area contributed by atoms with Gasteiger partial charge in [0.25, 0.3) is 0 Å². The first kappa shape index (κ1) is 13.3. The number of benzene rings is 1. The third-order valence-electron chi connectivity index (χ3n) is 2.76. The van der Waals surface area contributed by atoms with Gasteiger partial charge in [-0.3, -0.25) is 4.79 Å². The largest absolute Gasteiger partial charge is 0.298 e. The van der Waals surface area contributed by atoms with Gasteiger partial charge in [-0.05, 0) is 24.7 Å². The molecule has 0 bridgehead atoms. The number of aryl methyl sites for hydroxylation is 1. The molecular weight excluding hydrogens is 216 g/mol. The molecule has 0 N–H and O–H groups in total. The van der Waals surface area contributed by atoms with E-state index in [0.717, 1.165) is 23.2 Å². The van der Waals surface area contributed by atoms with Gasteiger partial charge in [0.1, 0.15) is 0 Å². The molecule has 0 heterocycles. The molecule has 2 heteroatoms. The Labute approximate surface area is 103 Å². The zero-order valence-corrected chi connectivity index (χ0v) is 11.0. The number of thioether (sulfide) groups is 1. The highest BCUT2D eigenvalue weighted by atomic mass is 32.2. The smallest absolute Gasteiger partial charge is 0.151 e. The van der Waals surface area contributed by atoms with Crippen molar-refractivity contribution in [2.75, 3.05) is 6.26 Å². The Bertz CT molecular complexity index is 334. The van der Waals surface area contributed by atoms with Crippen LogP contribution in [0.25, 0.3) is 0 Å². The van der Waals surface area contributed by atoms with Crippen LogP contribution in [-0.2, 0) is 6.42 Å². The molecular formula is C14H20OS. The summed E-state index contributed by atoms with van der Waals surface area (Å²) in [5, 5.41) is 0. The van der Waals surface area contributed by atoms with Gasteiger partial charge in [0.2, 0.25) is 0 Å². The Hall–Kier alpha value is -0.760. The summed E-state index contributed by atoms with van der Waals surface area (Å²) in [7, 11) is 0. The molecule has 1 aromatic carbocycles. The van der Waals surface area contributed by atoms with Crippen molar-refractivity contribution in [1.29, 1.82) is 0 Å². The molecule has 0 unspecified atom stereocenters. The van der Waals surface area contributed by atoms with Crippen LogP contribution in [0.5, 0.6) is 0 Å². The van der Waals surface area contributed by atoms with Crippen molar-refractivity contribution in [3.8, 4) is 0 Å². The normalized spacial score (nSPS) is 10.4. The van der Waals surface area contributed by atoms with Crippen molar-refractivity contribution in [2.45, 2.75) is 43.9 Å². The topological polar surface area (TPSA) is 17.1 Å². The van der Waals surface area contributed by atoms with Crippen LogP contribution in [0, 0.1) is 0 Å². The summed E-state index contributed by atoms with van der Waals surface area (Å²) in [5.41, 5.74) is 2.16. The van der Waals surface area contributed by atoms with Gasteiger partial charge in [0.05, 0.1) is 0 Å². The molecule has 0 saturated heterocycles. The predicted octanol–water partition coefficient (Wildman–Crippen LogP) is 4.34. The Morgan fingerprint density at radius 1 is 1.25 bits per heavy atom. The van der Waals surface area contributed by atoms with E-state index < -0.39 is 0 Å². The van der Waals surface area contributed by atoms with Crippen molar-refractivity contribution < 1.29 is 4.79 Å². The number of unbranched alkanes of at least 4 members (excludes halogenated alkanes) is 3.